The molecule has 0 aliphatic rings. The van der Waals surface area contributed by atoms with Crippen molar-refractivity contribution in [3.63, 3.8) is 0 Å². The summed E-state index contributed by atoms with van der Waals surface area (Å²) in [6, 6.07) is 12.3. The van der Waals surface area contributed by atoms with Gasteiger partial charge < -0.3 is 5.73 Å². The minimum Gasteiger partial charge on any atom is -0.399 e. The largest absolute Gasteiger partial charge is 0.399 e. The van der Waals surface area contributed by atoms with Gasteiger partial charge in [-0.1, -0.05) is 12.1 Å². The number of nitrogens with two attached hydrogens (primary N) is 1. The Labute approximate surface area is 102 Å². The van der Waals surface area contributed by atoms with Crippen LogP contribution in [0, 0.1) is 0 Å². The van der Waals surface area contributed by atoms with Crippen molar-refractivity contribution in [2.24, 2.45) is 0 Å². The molecule has 0 radical (unpaired) electrons. The van der Waals surface area contributed by atoms with E-state index in [0.29, 0.717) is 0 Å². The van der Waals surface area contributed by atoms with E-state index in [9.17, 15) is 0 Å². The van der Waals surface area contributed by atoms with Gasteiger partial charge in [0.1, 0.15) is 0 Å². The van der Waals surface area contributed by atoms with E-state index < -0.39 is 0 Å². The molecule has 0 bridgehead atoms. The van der Waals surface area contributed by atoms with E-state index >= 15 is 0 Å². The zero-order valence-electron chi connectivity index (χ0n) is 10.2. The zero-order valence-corrected chi connectivity index (χ0v) is 10.2. The first kappa shape index (κ1) is 11.6. The molecule has 0 amide bonds. The number of pyridine rings is 1. The van der Waals surface area contributed by atoms with Crippen LogP contribution in [0.2, 0.25) is 0 Å². The first-order valence-corrected chi connectivity index (χ1v) is 5.60. The van der Waals surface area contributed by atoms with Crippen molar-refractivity contribution in [2.45, 2.75) is 6.04 Å². The molecule has 0 aliphatic carbocycles. The van der Waals surface area contributed by atoms with Crippen LogP contribution >= 0.6 is 0 Å². The number of nitrogens with zero attached hydrogens (tertiary/aromatic N) is 2. The summed E-state index contributed by atoms with van der Waals surface area (Å²) < 4.78 is 0. The van der Waals surface area contributed by atoms with Crippen molar-refractivity contribution in [1.82, 2.24) is 9.88 Å². The van der Waals surface area contributed by atoms with Gasteiger partial charge in [-0.15, -0.1) is 0 Å². The van der Waals surface area contributed by atoms with Crippen molar-refractivity contribution in [3.8, 4) is 0 Å². The fourth-order valence-electron chi connectivity index (χ4n) is 2.06. The molecule has 17 heavy (non-hydrogen) atoms. The Hall–Kier alpha value is -1.87. The van der Waals surface area contributed by atoms with Crippen LogP contribution in [-0.4, -0.2) is 24.0 Å². The molecule has 0 aliphatic heterocycles. The zero-order chi connectivity index (χ0) is 12.3. The Kier molecular flexibility index (Phi) is 3.40. The van der Waals surface area contributed by atoms with Crippen LogP contribution in [0.1, 0.15) is 17.2 Å². The molecule has 1 unspecified atom stereocenters. The number of hydrogen-bond acceptors (Lipinski definition) is 3. The summed E-state index contributed by atoms with van der Waals surface area (Å²) in [5, 5.41) is 0. The van der Waals surface area contributed by atoms with Gasteiger partial charge in [0.15, 0.2) is 0 Å². The minimum atomic E-state index is 0.210. The topological polar surface area (TPSA) is 42.2 Å². The summed E-state index contributed by atoms with van der Waals surface area (Å²) in [4.78, 5) is 6.23. The smallest absolute Gasteiger partial charge is 0.0598 e. The average Bonchev–Trinajstić information content (AvgIpc) is 2.30. The molecule has 2 aromatic rings. The first-order valence-electron chi connectivity index (χ1n) is 5.60. The molecule has 2 rings (SSSR count). The van der Waals surface area contributed by atoms with E-state index in [0.717, 1.165) is 5.69 Å². The quantitative estimate of drug-likeness (QED) is 0.818. The van der Waals surface area contributed by atoms with Gasteiger partial charge in [-0.3, -0.25) is 9.88 Å². The van der Waals surface area contributed by atoms with Crippen molar-refractivity contribution in [3.05, 3.63) is 59.9 Å². The predicted molar refractivity (Wildman–Crippen MR) is 70.6 cm³/mol. The third kappa shape index (κ3) is 2.63. The van der Waals surface area contributed by atoms with Crippen LogP contribution in [0.5, 0.6) is 0 Å². The lowest BCUT2D eigenvalue weighted by Gasteiger charge is -2.25. The molecule has 1 aromatic carbocycles. The van der Waals surface area contributed by atoms with Gasteiger partial charge in [0.05, 0.1) is 6.04 Å². The summed E-state index contributed by atoms with van der Waals surface area (Å²) in [7, 11) is 4.13. The molecule has 3 heteroatoms. The summed E-state index contributed by atoms with van der Waals surface area (Å²) in [5.41, 5.74) is 9.05. The third-order valence-electron chi connectivity index (χ3n) is 2.76. The van der Waals surface area contributed by atoms with Gasteiger partial charge in [-0.05, 0) is 49.5 Å². The lowest BCUT2D eigenvalue weighted by Crippen LogP contribution is -2.21. The molecular weight excluding hydrogens is 210 g/mol. The van der Waals surface area contributed by atoms with Gasteiger partial charge in [0, 0.05) is 18.1 Å². The molecule has 0 spiro atoms. The minimum absolute atomic E-state index is 0.210. The highest BCUT2D eigenvalue weighted by atomic mass is 15.1. The summed E-state index contributed by atoms with van der Waals surface area (Å²) >= 11 is 0. The molecule has 88 valence electrons. The Morgan fingerprint density at radius 3 is 2.35 bits per heavy atom. The fraction of sp³-hybridized carbons (Fsp3) is 0.214. The second kappa shape index (κ2) is 4.97. The highest BCUT2D eigenvalue weighted by molar-refractivity contribution is 5.44. The molecule has 3 nitrogen and oxygen atoms in total. The molecule has 2 N–H and O–H groups in total. The van der Waals surface area contributed by atoms with E-state index in [1.807, 2.05) is 42.7 Å². The highest BCUT2D eigenvalue weighted by Gasteiger charge is 2.16. The summed E-state index contributed by atoms with van der Waals surface area (Å²) in [6.07, 6.45) is 3.64. The van der Waals surface area contributed by atoms with Crippen LogP contribution in [0.3, 0.4) is 0 Å². The molecule has 1 heterocycles. The van der Waals surface area contributed by atoms with Gasteiger partial charge in [-0.2, -0.15) is 0 Å². The third-order valence-corrected chi connectivity index (χ3v) is 2.76. The number of anilines is 1. The standard InChI is InChI=1S/C14H17N3/c1-17(2)14(11-6-8-16-9-7-11)12-4-3-5-13(15)10-12/h3-10,14H,15H2,1-2H3. The Morgan fingerprint density at radius 2 is 1.76 bits per heavy atom. The van der Waals surface area contributed by atoms with Gasteiger partial charge in [-0.25, -0.2) is 0 Å². The van der Waals surface area contributed by atoms with E-state index in [1.54, 1.807) is 0 Å². The normalized spacial score (nSPS) is 12.6. The Morgan fingerprint density at radius 1 is 1.06 bits per heavy atom. The highest BCUT2D eigenvalue weighted by Crippen LogP contribution is 2.27. The van der Waals surface area contributed by atoms with Crippen molar-refractivity contribution in [2.75, 3.05) is 19.8 Å². The van der Waals surface area contributed by atoms with Crippen LogP contribution in [-0.2, 0) is 0 Å². The number of nitrogen functional groups attached to an aromatic ring is 1. The molecule has 0 saturated carbocycles. The lowest BCUT2D eigenvalue weighted by atomic mass is 9.98. The molecular formula is C14H17N3. The molecule has 0 fully saturated rings. The monoisotopic (exact) mass is 227 g/mol. The van der Waals surface area contributed by atoms with Crippen LogP contribution in [0.15, 0.2) is 48.8 Å². The second-order valence-electron chi connectivity index (χ2n) is 4.32. The van der Waals surface area contributed by atoms with Crippen LogP contribution < -0.4 is 5.73 Å². The number of rotatable bonds is 3. The Bertz CT molecular complexity index is 480. The van der Waals surface area contributed by atoms with Gasteiger partial charge in [0.2, 0.25) is 0 Å². The maximum atomic E-state index is 5.84. The number of aromatic nitrogens is 1. The van der Waals surface area contributed by atoms with Crippen LogP contribution in [0.25, 0.3) is 0 Å². The lowest BCUT2D eigenvalue weighted by molar-refractivity contribution is 0.342. The number of benzene rings is 1. The van der Waals surface area contributed by atoms with Crippen LogP contribution in [0.4, 0.5) is 5.69 Å². The molecule has 1 aromatic heterocycles. The summed E-state index contributed by atoms with van der Waals surface area (Å²) in [5.74, 6) is 0. The number of hydrogen-bond donors (Lipinski definition) is 1. The van der Waals surface area contributed by atoms with E-state index in [-0.39, 0.29) is 6.04 Å². The van der Waals surface area contributed by atoms with Crippen molar-refractivity contribution >= 4 is 5.69 Å². The molecule has 1 atom stereocenters. The summed E-state index contributed by atoms with van der Waals surface area (Å²) in [6.45, 7) is 0. The van der Waals surface area contributed by atoms with E-state index in [2.05, 4.69) is 30.0 Å². The SMILES string of the molecule is CN(C)C(c1ccncc1)c1cccc(N)c1. The predicted octanol–water partition coefficient (Wildman–Crippen LogP) is 2.31. The molecule has 0 saturated heterocycles. The van der Waals surface area contributed by atoms with E-state index in [4.69, 9.17) is 5.73 Å². The first-order chi connectivity index (χ1) is 8.18. The van der Waals surface area contributed by atoms with Crippen molar-refractivity contribution < 1.29 is 0 Å². The Balaban J connectivity index is 2.43. The van der Waals surface area contributed by atoms with Gasteiger partial charge >= 0.3 is 0 Å². The van der Waals surface area contributed by atoms with Crippen molar-refractivity contribution in [1.29, 1.82) is 0 Å². The fourth-order valence-corrected chi connectivity index (χ4v) is 2.06. The maximum Gasteiger partial charge on any atom is 0.0598 e. The maximum absolute atomic E-state index is 5.84. The van der Waals surface area contributed by atoms with E-state index in [1.165, 1.54) is 11.1 Å². The second-order valence-corrected chi connectivity index (χ2v) is 4.32. The van der Waals surface area contributed by atoms with Gasteiger partial charge in [0.25, 0.3) is 0 Å². The average molecular weight is 227 g/mol.